The highest BCUT2D eigenvalue weighted by Gasteiger charge is 2.02. The second kappa shape index (κ2) is 11.3. The van der Waals surface area contributed by atoms with Crippen molar-refractivity contribution in [1.82, 2.24) is 5.32 Å². The molecule has 6 heteroatoms. The average molecular weight is 310 g/mol. The van der Waals surface area contributed by atoms with Crippen molar-refractivity contribution in [3.63, 3.8) is 0 Å². The Morgan fingerprint density at radius 2 is 1.32 bits per heavy atom. The number of benzene rings is 1. The molecule has 0 amide bonds. The molecule has 1 aliphatic heterocycles. The topological polar surface area (TPSA) is 61.0 Å². The predicted octanol–water partition coefficient (Wildman–Crippen LogP) is 1.13. The minimum Gasteiger partial charge on any atom is -0.489 e. The Balaban J connectivity index is 1.79. The van der Waals surface area contributed by atoms with E-state index in [1.807, 2.05) is 24.3 Å². The fourth-order valence-electron chi connectivity index (χ4n) is 2.04. The number of hydrogen-bond donors (Lipinski definition) is 2. The van der Waals surface area contributed by atoms with Crippen molar-refractivity contribution in [3.05, 3.63) is 24.3 Å². The van der Waals surface area contributed by atoms with Crippen molar-refractivity contribution in [2.75, 3.05) is 71.2 Å². The smallest absolute Gasteiger partial charge is 0.142 e. The lowest BCUT2D eigenvalue weighted by molar-refractivity contribution is 0.0513. The molecule has 22 heavy (non-hydrogen) atoms. The Hall–Kier alpha value is -1.34. The summed E-state index contributed by atoms with van der Waals surface area (Å²) in [7, 11) is 0. The maximum atomic E-state index is 5.76. The summed E-state index contributed by atoms with van der Waals surface area (Å²) in [6.07, 6.45) is 0. The lowest BCUT2D eigenvalue weighted by Gasteiger charge is -2.14. The van der Waals surface area contributed by atoms with Crippen molar-refractivity contribution < 1.29 is 18.9 Å². The normalized spacial score (nSPS) is 19.8. The van der Waals surface area contributed by atoms with Crippen LogP contribution in [0.2, 0.25) is 0 Å². The van der Waals surface area contributed by atoms with Crippen molar-refractivity contribution in [3.8, 4) is 5.75 Å². The van der Waals surface area contributed by atoms with Gasteiger partial charge in [0.2, 0.25) is 0 Å². The fraction of sp³-hybridized carbons (Fsp3) is 0.625. The summed E-state index contributed by atoms with van der Waals surface area (Å²) in [5.74, 6) is 0.841. The van der Waals surface area contributed by atoms with E-state index in [0.29, 0.717) is 46.2 Å². The van der Waals surface area contributed by atoms with E-state index < -0.39 is 0 Å². The molecule has 0 atom stereocenters. The molecule has 0 bridgehead atoms. The summed E-state index contributed by atoms with van der Waals surface area (Å²) in [6, 6.07) is 7.90. The molecule has 6 nitrogen and oxygen atoms in total. The largest absolute Gasteiger partial charge is 0.489 e. The molecule has 1 heterocycles. The summed E-state index contributed by atoms with van der Waals surface area (Å²) in [5, 5.41) is 6.59. The molecule has 0 fully saturated rings. The average Bonchev–Trinajstić information content (AvgIpc) is 2.55. The maximum absolute atomic E-state index is 5.76. The van der Waals surface area contributed by atoms with Gasteiger partial charge in [-0.15, -0.1) is 0 Å². The molecule has 0 aromatic heterocycles. The molecule has 1 aliphatic rings. The van der Waals surface area contributed by atoms with Crippen molar-refractivity contribution >= 4 is 5.69 Å². The molecule has 0 radical (unpaired) electrons. The number of para-hydroxylation sites is 2. The van der Waals surface area contributed by atoms with Gasteiger partial charge in [0.05, 0.1) is 45.3 Å². The fourth-order valence-corrected chi connectivity index (χ4v) is 2.04. The standard InChI is InChI=1S/C16H26N2O4/c1-2-4-16-15(3-1)18-7-10-21-12-11-19-8-5-17-6-9-20-13-14-22-16/h1-4,17-18H,5-14H2. The van der Waals surface area contributed by atoms with E-state index in [1.165, 1.54) is 0 Å². The zero-order valence-corrected chi connectivity index (χ0v) is 13.0. The zero-order valence-electron chi connectivity index (χ0n) is 13.0. The van der Waals surface area contributed by atoms with Gasteiger partial charge in [-0.05, 0) is 12.1 Å². The number of ether oxygens (including phenoxy) is 4. The van der Waals surface area contributed by atoms with Gasteiger partial charge in [-0.25, -0.2) is 0 Å². The first-order valence-electron chi connectivity index (χ1n) is 7.86. The van der Waals surface area contributed by atoms with E-state index in [0.717, 1.165) is 31.1 Å². The van der Waals surface area contributed by atoms with Crippen LogP contribution in [-0.2, 0) is 14.2 Å². The van der Waals surface area contributed by atoms with Crippen LogP contribution in [0.4, 0.5) is 5.69 Å². The summed E-state index contributed by atoms with van der Waals surface area (Å²) < 4.78 is 22.3. The second-order valence-electron chi connectivity index (χ2n) is 4.86. The van der Waals surface area contributed by atoms with E-state index in [1.54, 1.807) is 0 Å². The summed E-state index contributed by atoms with van der Waals surface area (Å²) in [6.45, 7) is 6.74. The van der Waals surface area contributed by atoms with E-state index >= 15 is 0 Å². The van der Waals surface area contributed by atoms with Gasteiger partial charge >= 0.3 is 0 Å². The Labute approximate surface area is 132 Å². The van der Waals surface area contributed by atoms with Gasteiger partial charge in [-0.1, -0.05) is 12.1 Å². The van der Waals surface area contributed by atoms with Crippen molar-refractivity contribution in [2.24, 2.45) is 0 Å². The lowest BCUT2D eigenvalue weighted by atomic mass is 10.3. The highest BCUT2D eigenvalue weighted by atomic mass is 16.5. The Kier molecular flexibility index (Phi) is 8.71. The molecule has 1 aromatic carbocycles. The Morgan fingerprint density at radius 3 is 2.09 bits per heavy atom. The number of fused-ring (bicyclic) bond motifs is 1. The lowest BCUT2D eigenvalue weighted by Crippen LogP contribution is -2.25. The molecule has 0 aliphatic carbocycles. The van der Waals surface area contributed by atoms with Gasteiger partial charge in [0.15, 0.2) is 0 Å². The van der Waals surface area contributed by atoms with E-state index in [2.05, 4.69) is 10.6 Å². The highest BCUT2D eigenvalue weighted by molar-refractivity contribution is 5.56. The summed E-state index contributed by atoms with van der Waals surface area (Å²) in [4.78, 5) is 0. The number of nitrogens with one attached hydrogen (secondary N) is 2. The van der Waals surface area contributed by atoms with Crippen LogP contribution >= 0.6 is 0 Å². The Bertz CT molecular complexity index is 366. The minimum atomic E-state index is 0.540. The molecule has 2 N–H and O–H groups in total. The first kappa shape index (κ1) is 17.0. The predicted molar refractivity (Wildman–Crippen MR) is 85.8 cm³/mol. The number of hydrogen-bond acceptors (Lipinski definition) is 6. The molecule has 0 saturated heterocycles. The van der Waals surface area contributed by atoms with Gasteiger partial charge in [-0.3, -0.25) is 0 Å². The van der Waals surface area contributed by atoms with Crippen LogP contribution in [-0.4, -0.2) is 65.9 Å². The SMILES string of the molecule is c1ccc2c(c1)NCCOCCOCCNCCOCCO2. The number of anilines is 1. The van der Waals surface area contributed by atoms with Crippen LogP contribution in [0, 0.1) is 0 Å². The highest BCUT2D eigenvalue weighted by Crippen LogP contribution is 2.23. The van der Waals surface area contributed by atoms with E-state index in [4.69, 9.17) is 18.9 Å². The zero-order chi connectivity index (χ0) is 15.3. The quantitative estimate of drug-likeness (QED) is 0.749. The van der Waals surface area contributed by atoms with Gasteiger partial charge < -0.3 is 29.6 Å². The molecule has 1 aromatic rings. The second-order valence-corrected chi connectivity index (χ2v) is 4.86. The Morgan fingerprint density at radius 1 is 0.682 bits per heavy atom. The van der Waals surface area contributed by atoms with Crippen LogP contribution in [0.15, 0.2) is 24.3 Å². The monoisotopic (exact) mass is 310 g/mol. The third-order valence-electron chi connectivity index (χ3n) is 3.15. The molecular weight excluding hydrogens is 284 g/mol. The molecule has 124 valence electrons. The van der Waals surface area contributed by atoms with Crippen LogP contribution < -0.4 is 15.4 Å². The van der Waals surface area contributed by atoms with E-state index in [-0.39, 0.29) is 0 Å². The molecule has 2 rings (SSSR count). The first-order chi connectivity index (χ1) is 11.0. The van der Waals surface area contributed by atoms with Crippen LogP contribution in [0.25, 0.3) is 0 Å². The van der Waals surface area contributed by atoms with Crippen molar-refractivity contribution in [1.29, 1.82) is 0 Å². The third kappa shape index (κ3) is 7.09. The van der Waals surface area contributed by atoms with Gasteiger partial charge in [0.25, 0.3) is 0 Å². The molecule has 0 unspecified atom stereocenters. The minimum absolute atomic E-state index is 0.540. The molecular formula is C16H26N2O4. The maximum Gasteiger partial charge on any atom is 0.142 e. The molecule has 0 spiro atoms. The van der Waals surface area contributed by atoms with Gasteiger partial charge in [0.1, 0.15) is 12.4 Å². The third-order valence-corrected chi connectivity index (χ3v) is 3.15. The summed E-state index contributed by atoms with van der Waals surface area (Å²) >= 11 is 0. The van der Waals surface area contributed by atoms with E-state index in [9.17, 15) is 0 Å². The van der Waals surface area contributed by atoms with Crippen LogP contribution in [0.1, 0.15) is 0 Å². The number of rotatable bonds is 0. The van der Waals surface area contributed by atoms with Gasteiger partial charge in [-0.2, -0.15) is 0 Å². The van der Waals surface area contributed by atoms with Crippen molar-refractivity contribution in [2.45, 2.75) is 0 Å². The summed E-state index contributed by atoms with van der Waals surface area (Å²) in [5.41, 5.74) is 0.977. The van der Waals surface area contributed by atoms with Gasteiger partial charge in [0, 0.05) is 19.6 Å². The first-order valence-corrected chi connectivity index (χ1v) is 7.86. The van der Waals surface area contributed by atoms with Crippen LogP contribution in [0.3, 0.4) is 0 Å². The molecule has 0 saturated carbocycles. The van der Waals surface area contributed by atoms with Crippen LogP contribution in [0.5, 0.6) is 5.75 Å².